The third-order valence-corrected chi connectivity index (χ3v) is 3.92. The Morgan fingerprint density at radius 3 is 2.59 bits per heavy atom. The summed E-state index contributed by atoms with van der Waals surface area (Å²) in [5, 5.41) is 2.79. The van der Waals surface area contributed by atoms with Crippen molar-refractivity contribution in [3.05, 3.63) is 48.5 Å². The molecule has 0 fully saturated rings. The van der Waals surface area contributed by atoms with Crippen LogP contribution in [0, 0.1) is 0 Å². The Morgan fingerprint density at radius 1 is 1.23 bits per heavy atom. The molecule has 0 aliphatic carbocycles. The molecule has 116 valence electrons. The van der Waals surface area contributed by atoms with Crippen LogP contribution in [0.1, 0.15) is 13.3 Å². The summed E-state index contributed by atoms with van der Waals surface area (Å²) in [4.78, 5) is 13.0. The molecule has 5 heteroatoms. The standard InChI is InChI=1S/C17H20N2O2S/c1-3-16(18)17(20)19-12-5-4-6-14(11-12)21-13-7-9-15(22-2)10-8-13/h4-11,16H,3,18H2,1-2H3,(H,19,20). The Hall–Kier alpha value is -1.98. The molecule has 2 aromatic carbocycles. The molecule has 0 saturated heterocycles. The van der Waals surface area contributed by atoms with Gasteiger partial charge in [0.15, 0.2) is 0 Å². The average Bonchev–Trinajstić information content (AvgIpc) is 2.55. The first-order valence-corrected chi connectivity index (χ1v) is 8.33. The van der Waals surface area contributed by atoms with Gasteiger partial charge in [0.1, 0.15) is 11.5 Å². The molecule has 0 aromatic heterocycles. The van der Waals surface area contributed by atoms with Crippen LogP contribution < -0.4 is 15.8 Å². The molecular weight excluding hydrogens is 296 g/mol. The van der Waals surface area contributed by atoms with Crippen molar-refractivity contribution in [2.75, 3.05) is 11.6 Å². The molecule has 1 amide bonds. The summed E-state index contributed by atoms with van der Waals surface area (Å²) in [5.74, 6) is 1.23. The zero-order valence-corrected chi connectivity index (χ0v) is 13.5. The van der Waals surface area contributed by atoms with E-state index >= 15 is 0 Å². The number of thioether (sulfide) groups is 1. The first-order chi connectivity index (χ1) is 10.6. The summed E-state index contributed by atoms with van der Waals surface area (Å²) in [6.07, 6.45) is 2.63. The molecule has 1 atom stereocenters. The van der Waals surface area contributed by atoms with Crippen molar-refractivity contribution in [1.82, 2.24) is 0 Å². The quantitative estimate of drug-likeness (QED) is 0.794. The molecule has 3 N–H and O–H groups in total. The first-order valence-electron chi connectivity index (χ1n) is 7.10. The van der Waals surface area contributed by atoms with Crippen LogP contribution in [-0.4, -0.2) is 18.2 Å². The SMILES string of the molecule is CCC(N)C(=O)Nc1cccc(Oc2ccc(SC)cc2)c1. The summed E-state index contributed by atoms with van der Waals surface area (Å²) >= 11 is 1.68. The Labute approximate surface area is 135 Å². The molecular formula is C17H20N2O2S. The molecule has 0 radical (unpaired) electrons. The fraction of sp³-hybridized carbons (Fsp3) is 0.235. The Bertz CT molecular complexity index is 629. The van der Waals surface area contributed by atoms with E-state index in [9.17, 15) is 4.79 Å². The van der Waals surface area contributed by atoms with E-state index in [1.165, 1.54) is 4.90 Å². The number of ether oxygens (including phenoxy) is 1. The zero-order chi connectivity index (χ0) is 15.9. The van der Waals surface area contributed by atoms with E-state index in [0.29, 0.717) is 17.9 Å². The fourth-order valence-electron chi connectivity index (χ4n) is 1.84. The van der Waals surface area contributed by atoms with Crippen molar-refractivity contribution >= 4 is 23.4 Å². The molecule has 0 aliphatic heterocycles. The third kappa shape index (κ3) is 4.51. The highest BCUT2D eigenvalue weighted by Crippen LogP contribution is 2.26. The fourth-order valence-corrected chi connectivity index (χ4v) is 2.25. The van der Waals surface area contributed by atoms with E-state index in [2.05, 4.69) is 5.32 Å². The molecule has 0 spiro atoms. The molecule has 2 aromatic rings. The lowest BCUT2D eigenvalue weighted by molar-refractivity contribution is -0.117. The second kappa shape index (κ2) is 7.87. The molecule has 22 heavy (non-hydrogen) atoms. The highest BCUT2D eigenvalue weighted by molar-refractivity contribution is 7.98. The predicted molar refractivity (Wildman–Crippen MR) is 91.6 cm³/mol. The van der Waals surface area contributed by atoms with Crippen LogP contribution >= 0.6 is 11.8 Å². The summed E-state index contributed by atoms with van der Waals surface area (Å²) in [5.41, 5.74) is 6.38. The number of anilines is 1. The Kier molecular flexibility index (Phi) is 5.86. The van der Waals surface area contributed by atoms with Crippen LogP contribution in [0.4, 0.5) is 5.69 Å². The monoisotopic (exact) mass is 316 g/mol. The lowest BCUT2D eigenvalue weighted by Crippen LogP contribution is -2.34. The minimum absolute atomic E-state index is 0.191. The van der Waals surface area contributed by atoms with E-state index in [4.69, 9.17) is 10.5 Å². The lowest BCUT2D eigenvalue weighted by Gasteiger charge is -2.11. The highest BCUT2D eigenvalue weighted by atomic mass is 32.2. The minimum Gasteiger partial charge on any atom is -0.457 e. The summed E-state index contributed by atoms with van der Waals surface area (Å²) < 4.78 is 5.80. The number of nitrogens with one attached hydrogen (secondary N) is 1. The van der Waals surface area contributed by atoms with Gasteiger partial charge in [0.25, 0.3) is 0 Å². The highest BCUT2D eigenvalue weighted by Gasteiger charge is 2.11. The van der Waals surface area contributed by atoms with Gasteiger partial charge in [-0.1, -0.05) is 13.0 Å². The zero-order valence-electron chi connectivity index (χ0n) is 12.7. The predicted octanol–water partition coefficient (Wildman–Crippen LogP) is 3.88. The van der Waals surface area contributed by atoms with Gasteiger partial charge < -0.3 is 15.8 Å². The lowest BCUT2D eigenvalue weighted by atomic mass is 10.2. The number of hydrogen-bond acceptors (Lipinski definition) is 4. The first kappa shape index (κ1) is 16.4. The number of rotatable bonds is 6. The number of amides is 1. The minimum atomic E-state index is -0.497. The van der Waals surface area contributed by atoms with Crippen LogP contribution in [0.15, 0.2) is 53.4 Å². The van der Waals surface area contributed by atoms with Gasteiger partial charge in [0.05, 0.1) is 6.04 Å². The van der Waals surface area contributed by atoms with Crippen molar-refractivity contribution in [1.29, 1.82) is 0 Å². The number of benzene rings is 2. The smallest absolute Gasteiger partial charge is 0.241 e. The maximum absolute atomic E-state index is 11.8. The molecule has 0 aliphatic rings. The van der Waals surface area contributed by atoms with Gasteiger partial charge in [-0.3, -0.25) is 4.79 Å². The summed E-state index contributed by atoms with van der Waals surface area (Å²) in [6, 6.07) is 14.6. The van der Waals surface area contributed by atoms with Crippen molar-refractivity contribution < 1.29 is 9.53 Å². The Balaban J connectivity index is 2.05. The number of carbonyl (C=O) groups excluding carboxylic acids is 1. The summed E-state index contributed by atoms with van der Waals surface area (Å²) in [7, 11) is 0. The summed E-state index contributed by atoms with van der Waals surface area (Å²) in [6.45, 7) is 1.88. The topological polar surface area (TPSA) is 64.4 Å². The van der Waals surface area contributed by atoms with Gasteiger partial charge in [0.2, 0.25) is 5.91 Å². The van der Waals surface area contributed by atoms with E-state index in [1.807, 2.05) is 55.6 Å². The van der Waals surface area contributed by atoms with Gasteiger partial charge in [0, 0.05) is 16.6 Å². The Morgan fingerprint density at radius 2 is 1.95 bits per heavy atom. The number of nitrogens with two attached hydrogens (primary N) is 1. The molecule has 4 nitrogen and oxygen atoms in total. The maximum atomic E-state index is 11.8. The van der Waals surface area contributed by atoms with Crippen molar-refractivity contribution in [2.24, 2.45) is 5.73 Å². The number of carbonyl (C=O) groups is 1. The van der Waals surface area contributed by atoms with E-state index in [0.717, 1.165) is 5.75 Å². The van der Waals surface area contributed by atoms with Crippen LogP contribution in [0.2, 0.25) is 0 Å². The third-order valence-electron chi connectivity index (χ3n) is 3.17. The van der Waals surface area contributed by atoms with Gasteiger partial charge in [-0.15, -0.1) is 11.8 Å². The van der Waals surface area contributed by atoms with Crippen molar-refractivity contribution in [2.45, 2.75) is 24.3 Å². The van der Waals surface area contributed by atoms with Crippen LogP contribution in [0.5, 0.6) is 11.5 Å². The van der Waals surface area contributed by atoms with Crippen molar-refractivity contribution in [3.8, 4) is 11.5 Å². The molecule has 2 rings (SSSR count). The molecule has 0 heterocycles. The van der Waals surface area contributed by atoms with E-state index in [-0.39, 0.29) is 5.91 Å². The van der Waals surface area contributed by atoms with Crippen molar-refractivity contribution in [3.63, 3.8) is 0 Å². The molecule has 0 saturated carbocycles. The van der Waals surface area contributed by atoms with Gasteiger partial charge in [-0.2, -0.15) is 0 Å². The van der Waals surface area contributed by atoms with Gasteiger partial charge in [-0.25, -0.2) is 0 Å². The molecule has 1 unspecified atom stereocenters. The second-order valence-electron chi connectivity index (χ2n) is 4.81. The van der Waals surface area contributed by atoms with Crippen LogP contribution in [0.3, 0.4) is 0 Å². The van der Waals surface area contributed by atoms with E-state index in [1.54, 1.807) is 17.8 Å². The average molecular weight is 316 g/mol. The normalized spacial score (nSPS) is 11.8. The maximum Gasteiger partial charge on any atom is 0.241 e. The van der Waals surface area contributed by atoms with Crippen LogP contribution in [-0.2, 0) is 4.79 Å². The van der Waals surface area contributed by atoms with Gasteiger partial charge in [-0.05, 0) is 49.1 Å². The van der Waals surface area contributed by atoms with Gasteiger partial charge >= 0.3 is 0 Å². The number of hydrogen-bond donors (Lipinski definition) is 2. The largest absolute Gasteiger partial charge is 0.457 e. The molecule has 0 bridgehead atoms. The second-order valence-corrected chi connectivity index (χ2v) is 5.69. The van der Waals surface area contributed by atoms with Crippen LogP contribution in [0.25, 0.3) is 0 Å². The van der Waals surface area contributed by atoms with E-state index < -0.39 is 6.04 Å².